The van der Waals surface area contributed by atoms with Crippen molar-refractivity contribution in [3.8, 4) is 10.6 Å². The number of rotatable bonds is 7. The molecule has 1 atom stereocenters. The van der Waals surface area contributed by atoms with Gasteiger partial charge in [-0.25, -0.2) is 4.98 Å². The summed E-state index contributed by atoms with van der Waals surface area (Å²) < 4.78 is 5.34. The quantitative estimate of drug-likeness (QED) is 0.829. The van der Waals surface area contributed by atoms with Crippen molar-refractivity contribution in [1.82, 2.24) is 14.8 Å². The Kier molecular flexibility index (Phi) is 6.34. The van der Waals surface area contributed by atoms with E-state index < -0.39 is 0 Å². The van der Waals surface area contributed by atoms with E-state index in [4.69, 9.17) is 4.74 Å². The maximum Gasteiger partial charge on any atom is 0.123 e. The molecule has 0 aliphatic carbocycles. The summed E-state index contributed by atoms with van der Waals surface area (Å²) in [6, 6.07) is 10.2. The van der Waals surface area contributed by atoms with Gasteiger partial charge in [0.1, 0.15) is 5.01 Å². The minimum absolute atomic E-state index is 0.338. The third kappa shape index (κ3) is 5.09. The zero-order valence-electron chi connectivity index (χ0n) is 14.1. The van der Waals surface area contributed by atoms with Gasteiger partial charge in [0, 0.05) is 49.4 Å². The summed E-state index contributed by atoms with van der Waals surface area (Å²) in [5.74, 6) is 0. The summed E-state index contributed by atoms with van der Waals surface area (Å²) in [5, 5.41) is 11.3. The minimum atomic E-state index is -0.338. The van der Waals surface area contributed by atoms with Gasteiger partial charge >= 0.3 is 0 Å². The van der Waals surface area contributed by atoms with Crippen molar-refractivity contribution >= 4 is 11.3 Å². The van der Waals surface area contributed by atoms with Crippen molar-refractivity contribution < 1.29 is 9.84 Å². The maximum atomic E-state index is 10.3. The molecule has 1 N–H and O–H groups in total. The highest BCUT2D eigenvalue weighted by atomic mass is 32.1. The highest BCUT2D eigenvalue weighted by Crippen LogP contribution is 2.25. The Bertz CT molecular complexity index is 614. The summed E-state index contributed by atoms with van der Waals surface area (Å²) in [4.78, 5) is 10.2. The first-order chi connectivity index (χ1) is 11.7. The Labute approximate surface area is 147 Å². The topological polar surface area (TPSA) is 48.8 Å². The molecule has 1 fully saturated rings. The zero-order chi connectivity index (χ0) is 16.8. The van der Waals surface area contributed by atoms with Gasteiger partial charge in [0.2, 0.25) is 0 Å². The van der Waals surface area contributed by atoms with Crippen LogP contribution in [0.1, 0.15) is 4.88 Å². The predicted octanol–water partition coefficient (Wildman–Crippen LogP) is 1.94. The van der Waals surface area contributed by atoms with Gasteiger partial charge in [0.05, 0.1) is 19.3 Å². The van der Waals surface area contributed by atoms with E-state index in [0.717, 1.165) is 43.4 Å². The van der Waals surface area contributed by atoms with Crippen molar-refractivity contribution in [2.24, 2.45) is 0 Å². The van der Waals surface area contributed by atoms with Crippen LogP contribution in [0.2, 0.25) is 0 Å². The van der Waals surface area contributed by atoms with Gasteiger partial charge in [0.15, 0.2) is 0 Å². The van der Waals surface area contributed by atoms with E-state index in [9.17, 15) is 5.11 Å². The van der Waals surface area contributed by atoms with Crippen molar-refractivity contribution in [2.75, 3.05) is 46.4 Å². The van der Waals surface area contributed by atoms with E-state index in [2.05, 4.69) is 26.9 Å². The molecule has 0 spiro atoms. The lowest BCUT2D eigenvalue weighted by Gasteiger charge is -2.29. The fourth-order valence-electron chi connectivity index (χ4n) is 2.92. The first kappa shape index (κ1) is 17.5. The van der Waals surface area contributed by atoms with Crippen LogP contribution in [0, 0.1) is 0 Å². The number of β-amino-alcohol motifs (C(OH)–C–C–N with tert-alkyl or cyclic N) is 1. The highest BCUT2D eigenvalue weighted by molar-refractivity contribution is 7.15. The molecule has 1 aliphatic rings. The molecule has 3 rings (SSSR count). The number of aliphatic hydroxyl groups is 1. The monoisotopic (exact) mass is 347 g/mol. The molecular weight excluding hydrogens is 322 g/mol. The molecule has 2 heterocycles. The molecule has 1 saturated heterocycles. The molecule has 0 radical (unpaired) electrons. The highest BCUT2D eigenvalue weighted by Gasteiger charge is 2.16. The number of nitrogens with zero attached hydrogens (tertiary/aromatic N) is 3. The van der Waals surface area contributed by atoms with Crippen LogP contribution in [0.3, 0.4) is 0 Å². The van der Waals surface area contributed by atoms with E-state index >= 15 is 0 Å². The zero-order valence-corrected chi connectivity index (χ0v) is 14.9. The fourth-order valence-corrected chi connectivity index (χ4v) is 3.92. The Morgan fingerprint density at radius 1 is 1.29 bits per heavy atom. The molecule has 6 heteroatoms. The first-order valence-corrected chi connectivity index (χ1v) is 9.19. The molecule has 5 nitrogen and oxygen atoms in total. The molecule has 0 bridgehead atoms. The molecule has 1 unspecified atom stereocenters. The molecular formula is C18H25N3O2S. The number of aromatic nitrogens is 1. The average Bonchev–Trinajstić information content (AvgIpc) is 3.04. The molecule has 0 amide bonds. The number of morpholine rings is 1. The number of hydrogen-bond donors (Lipinski definition) is 1. The van der Waals surface area contributed by atoms with Gasteiger partial charge in [-0.2, -0.15) is 0 Å². The Balaban J connectivity index is 1.48. The lowest BCUT2D eigenvalue weighted by molar-refractivity contribution is 0.00830. The largest absolute Gasteiger partial charge is 0.390 e. The second kappa shape index (κ2) is 8.69. The lowest BCUT2D eigenvalue weighted by atomic mass is 10.2. The van der Waals surface area contributed by atoms with Crippen LogP contribution in [-0.4, -0.2) is 72.4 Å². The standard InChI is InChI=1S/C18H25N3O2S/c1-20(12-16(22)13-21-7-9-23-10-8-21)14-17-11-19-18(24-17)15-5-3-2-4-6-15/h2-6,11,16,22H,7-10,12-14H2,1H3. The summed E-state index contributed by atoms with van der Waals surface area (Å²) in [6.07, 6.45) is 1.60. The van der Waals surface area contributed by atoms with Gasteiger partial charge in [-0.05, 0) is 7.05 Å². The predicted molar refractivity (Wildman–Crippen MR) is 97.1 cm³/mol. The molecule has 1 aromatic heterocycles. The van der Waals surface area contributed by atoms with E-state index in [1.54, 1.807) is 11.3 Å². The average molecular weight is 347 g/mol. The van der Waals surface area contributed by atoms with Crippen LogP contribution in [0.4, 0.5) is 0 Å². The third-order valence-electron chi connectivity index (χ3n) is 4.10. The van der Waals surface area contributed by atoms with Crippen LogP contribution in [-0.2, 0) is 11.3 Å². The fraction of sp³-hybridized carbons (Fsp3) is 0.500. The van der Waals surface area contributed by atoms with Gasteiger partial charge < -0.3 is 9.84 Å². The maximum absolute atomic E-state index is 10.3. The van der Waals surface area contributed by atoms with Gasteiger partial charge in [-0.1, -0.05) is 30.3 Å². The molecule has 2 aromatic rings. The number of thiazole rings is 1. The molecule has 130 valence electrons. The molecule has 0 saturated carbocycles. The van der Waals surface area contributed by atoms with Gasteiger partial charge in [-0.15, -0.1) is 11.3 Å². The normalized spacial score (nSPS) is 17.3. The summed E-state index contributed by atoms with van der Waals surface area (Å²) in [5.41, 5.74) is 1.16. The Hall–Kier alpha value is -1.31. The third-order valence-corrected chi connectivity index (χ3v) is 5.13. The van der Waals surface area contributed by atoms with Crippen LogP contribution >= 0.6 is 11.3 Å². The summed E-state index contributed by atoms with van der Waals surface area (Å²) in [7, 11) is 2.05. The van der Waals surface area contributed by atoms with Crippen molar-refractivity contribution in [3.05, 3.63) is 41.4 Å². The molecule has 24 heavy (non-hydrogen) atoms. The molecule has 1 aliphatic heterocycles. The second-order valence-electron chi connectivity index (χ2n) is 6.26. The SMILES string of the molecule is CN(Cc1cnc(-c2ccccc2)s1)CC(O)CN1CCOCC1. The van der Waals surface area contributed by atoms with Crippen molar-refractivity contribution in [3.63, 3.8) is 0 Å². The van der Waals surface area contributed by atoms with E-state index in [0.29, 0.717) is 13.1 Å². The molecule has 1 aromatic carbocycles. The van der Waals surface area contributed by atoms with Crippen LogP contribution in [0.25, 0.3) is 10.6 Å². The number of aliphatic hydroxyl groups excluding tert-OH is 1. The number of likely N-dealkylation sites (N-methyl/N-ethyl adjacent to an activating group) is 1. The number of hydrogen-bond acceptors (Lipinski definition) is 6. The van der Waals surface area contributed by atoms with E-state index in [-0.39, 0.29) is 6.10 Å². The van der Waals surface area contributed by atoms with Crippen molar-refractivity contribution in [2.45, 2.75) is 12.6 Å². The lowest BCUT2D eigenvalue weighted by Crippen LogP contribution is -2.43. The van der Waals surface area contributed by atoms with Crippen LogP contribution in [0.15, 0.2) is 36.5 Å². The van der Waals surface area contributed by atoms with Gasteiger partial charge in [-0.3, -0.25) is 9.80 Å². The summed E-state index contributed by atoms with van der Waals surface area (Å²) in [6.45, 7) is 5.55. The Morgan fingerprint density at radius 2 is 2.04 bits per heavy atom. The smallest absolute Gasteiger partial charge is 0.123 e. The first-order valence-electron chi connectivity index (χ1n) is 8.37. The van der Waals surface area contributed by atoms with E-state index in [1.807, 2.05) is 31.4 Å². The second-order valence-corrected chi connectivity index (χ2v) is 7.38. The van der Waals surface area contributed by atoms with E-state index in [1.165, 1.54) is 4.88 Å². The number of ether oxygens (including phenoxy) is 1. The van der Waals surface area contributed by atoms with Crippen LogP contribution < -0.4 is 0 Å². The Morgan fingerprint density at radius 3 is 2.79 bits per heavy atom. The van der Waals surface area contributed by atoms with Crippen molar-refractivity contribution in [1.29, 1.82) is 0 Å². The summed E-state index contributed by atoms with van der Waals surface area (Å²) >= 11 is 1.72. The van der Waals surface area contributed by atoms with Crippen LogP contribution in [0.5, 0.6) is 0 Å². The minimum Gasteiger partial charge on any atom is -0.390 e. The van der Waals surface area contributed by atoms with Gasteiger partial charge in [0.25, 0.3) is 0 Å². The number of benzene rings is 1.